The first-order chi connectivity index (χ1) is 25.9. The van der Waals surface area contributed by atoms with E-state index in [-0.39, 0.29) is 23.5 Å². The first kappa shape index (κ1) is 37.3. The normalized spacial score (nSPS) is 32.8. The topological polar surface area (TPSA) is 111 Å². The molecule has 3 aliphatic heterocycles. The molecule has 2 unspecified atom stereocenters. The maximum absolute atomic E-state index is 15.0. The van der Waals surface area contributed by atoms with Crippen LogP contribution in [0.4, 0.5) is 5.69 Å². The van der Waals surface area contributed by atoms with E-state index >= 15 is 4.21 Å². The molecule has 1 aromatic heterocycles. The smallest absolute Gasteiger partial charge is 0.286 e. The van der Waals surface area contributed by atoms with Gasteiger partial charge in [0.25, 0.3) is 11.8 Å². The molecule has 2 aliphatic carbocycles. The molecule has 288 valence electrons. The molecule has 5 aliphatic rings. The van der Waals surface area contributed by atoms with Crippen molar-refractivity contribution in [1.29, 1.82) is 0 Å². The number of carbonyl (C=O) groups excluding carboxylic acids is 2. The molecular weight excluding hydrogens is 724 g/mol. The summed E-state index contributed by atoms with van der Waals surface area (Å²) in [5.74, 6) is 0.0691. The number of halogens is 1. The van der Waals surface area contributed by atoms with Gasteiger partial charge >= 0.3 is 0 Å². The van der Waals surface area contributed by atoms with Crippen LogP contribution in [0.2, 0.25) is 5.02 Å². The number of rotatable bonds is 3. The number of fused-ring (bicyclic) bond motifs is 5. The quantitative estimate of drug-likeness (QED) is 0.274. The van der Waals surface area contributed by atoms with Crippen molar-refractivity contribution >= 4 is 39.0 Å². The predicted molar refractivity (Wildman–Crippen MR) is 211 cm³/mol. The van der Waals surface area contributed by atoms with Gasteiger partial charge in [0, 0.05) is 54.6 Å². The van der Waals surface area contributed by atoms with Crippen LogP contribution in [0.1, 0.15) is 90.4 Å². The van der Waals surface area contributed by atoms with E-state index in [1.807, 2.05) is 36.6 Å². The number of anilines is 1. The summed E-state index contributed by atoms with van der Waals surface area (Å²) in [5, 5.41) is 0.0893. The fraction of sp³-hybridized carbons (Fsp3) is 0.524. The van der Waals surface area contributed by atoms with Crippen LogP contribution in [0.25, 0.3) is 0 Å². The second-order valence-electron chi connectivity index (χ2n) is 16.2. The molecule has 3 aromatic rings. The number of nitrogens with zero attached hydrogens (tertiary/aromatic N) is 3. The molecule has 1 N–H and O–H groups in total. The van der Waals surface area contributed by atoms with E-state index in [9.17, 15) is 9.59 Å². The molecule has 8 rings (SSSR count). The molecule has 2 aromatic carbocycles. The monoisotopic (exact) mass is 774 g/mol. The number of nitrogens with one attached hydrogen (secondary N) is 1. The number of hydrogen-bond donors (Lipinski definition) is 1. The lowest BCUT2D eigenvalue weighted by Gasteiger charge is -2.46. The number of ether oxygens (including phenoxy) is 3. The lowest BCUT2D eigenvalue weighted by Crippen LogP contribution is -2.49. The van der Waals surface area contributed by atoms with Crippen molar-refractivity contribution in [3.05, 3.63) is 93.8 Å². The Bertz CT molecular complexity index is 2110. The highest BCUT2D eigenvalue weighted by molar-refractivity contribution is 7.93. The van der Waals surface area contributed by atoms with Gasteiger partial charge in [0.05, 0.1) is 41.9 Å². The Labute approximate surface area is 323 Å². The second kappa shape index (κ2) is 14.8. The largest absolute Gasteiger partial charge is 0.490 e. The summed E-state index contributed by atoms with van der Waals surface area (Å²) >= 11 is 6.48. The highest BCUT2D eigenvalue weighted by atomic mass is 35.5. The molecule has 8 atom stereocenters. The van der Waals surface area contributed by atoms with Crippen LogP contribution >= 0.6 is 11.6 Å². The Kier molecular flexibility index (Phi) is 10.2. The van der Waals surface area contributed by atoms with Gasteiger partial charge in [-0.2, -0.15) is 0 Å². The molecule has 2 amide bonds. The lowest BCUT2D eigenvalue weighted by atomic mass is 9.68. The lowest BCUT2D eigenvalue weighted by molar-refractivity contribution is 0.0131. The zero-order valence-corrected chi connectivity index (χ0v) is 33.2. The first-order valence-electron chi connectivity index (χ1n) is 19.4. The standard InChI is InChI=1S/C42H51ClN4O6S/c1-26-7-5-9-38(51-4)35-13-10-31(35)21-47-24-42(16-6-8-29-17-33(43)12-14-36(29)42)25-53-39-15-11-30(19-37(39)47)40(48)44-54(50,28(26)3)45-41(49)32-18-34-23-52-27(2)20-46(34)22-32/h5,9,11-12,14-15,17-19,22,26-28,31,35,38H,6-8,10,13,16,20-21,23-25H2,1-4H3,(H,44,45,48,49,50)/b9-5+/t26-,27-,28+,31?,35+,38-,42-,54?/m0/s1. The van der Waals surface area contributed by atoms with Gasteiger partial charge < -0.3 is 23.7 Å². The van der Waals surface area contributed by atoms with Gasteiger partial charge in [-0.15, -0.1) is 4.36 Å². The molecule has 1 saturated carbocycles. The van der Waals surface area contributed by atoms with Gasteiger partial charge in [0.15, 0.2) is 0 Å². The van der Waals surface area contributed by atoms with Crippen LogP contribution in [0.15, 0.2) is 65.2 Å². The Morgan fingerprint density at radius 3 is 2.76 bits per heavy atom. The summed E-state index contributed by atoms with van der Waals surface area (Å²) < 4.78 is 42.7. The van der Waals surface area contributed by atoms with E-state index in [0.717, 1.165) is 55.1 Å². The van der Waals surface area contributed by atoms with Crippen LogP contribution in [0.3, 0.4) is 0 Å². The van der Waals surface area contributed by atoms with Crippen molar-refractivity contribution in [2.24, 2.45) is 22.1 Å². The summed E-state index contributed by atoms with van der Waals surface area (Å²) in [6.07, 6.45) is 11.7. The minimum Gasteiger partial charge on any atom is -0.490 e. The molecule has 54 heavy (non-hydrogen) atoms. The number of benzene rings is 2. The maximum Gasteiger partial charge on any atom is 0.286 e. The second-order valence-corrected chi connectivity index (χ2v) is 18.9. The Morgan fingerprint density at radius 1 is 1.11 bits per heavy atom. The van der Waals surface area contributed by atoms with E-state index in [2.05, 4.69) is 38.3 Å². The molecule has 0 saturated heterocycles. The van der Waals surface area contributed by atoms with Gasteiger partial charge in [0.1, 0.15) is 15.7 Å². The van der Waals surface area contributed by atoms with Crippen molar-refractivity contribution in [3.63, 3.8) is 0 Å². The highest BCUT2D eigenvalue weighted by Crippen LogP contribution is 2.47. The Hall–Kier alpha value is -3.64. The third-order valence-electron chi connectivity index (χ3n) is 12.7. The van der Waals surface area contributed by atoms with Crippen LogP contribution in [0.5, 0.6) is 5.75 Å². The minimum atomic E-state index is -3.62. The van der Waals surface area contributed by atoms with E-state index < -0.39 is 27.0 Å². The third-order valence-corrected chi connectivity index (χ3v) is 15.3. The molecule has 12 heteroatoms. The van der Waals surface area contributed by atoms with Crippen molar-refractivity contribution in [2.45, 2.75) is 95.3 Å². The molecular formula is C42H51ClN4O6S. The van der Waals surface area contributed by atoms with Crippen molar-refractivity contribution in [1.82, 2.24) is 9.29 Å². The van der Waals surface area contributed by atoms with Crippen LogP contribution in [-0.4, -0.2) is 64.9 Å². The van der Waals surface area contributed by atoms with Gasteiger partial charge in [-0.05, 0) is 118 Å². The number of methoxy groups -OCH3 is 1. The minimum absolute atomic E-state index is 0.0187. The molecule has 10 nitrogen and oxygen atoms in total. The number of hydrogen-bond acceptors (Lipinski definition) is 7. The average molecular weight is 775 g/mol. The van der Waals surface area contributed by atoms with E-state index in [0.29, 0.717) is 61.4 Å². The van der Waals surface area contributed by atoms with Gasteiger partial charge in [-0.3, -0.25) is 14.3 Å². The molecule has 1 fully saturated rings. The predicted octanol–water partition coefficient (Wildman–Crippen LogP) is 7.51. The Morgan fingerprint density at radius 2 is 1.96 bits per heavy atom. The highest BCUT2D eigenvalue weighted by Gasteiger charge is 2.44. The van der Waals surface area contributed by atoms with Gasteiger partial charge in [-0.1, -0.05) is 36.7 Å². The first-order valence-corrected chi connectivity index (χ1v) is 21.3. The van der Waals surface area contributed by atoms with Crippen LogP contribution in [-0.2, 0) is 44.4 Å². The molecule has 4 heterocycles. The zero-order valence-electron chi connectivity index (χ0n) is 31.6. The van der Waals surface area contributed by atoms with Gasteiger partial charge in [-0.25, -0.2) is 4.21 Å². The number of allylic oxidation sites excluding steroid dienone is 1. The number of aromatic nitrogens is 1. The summed E-state index contributed by atoms with van der Waals surface area (Å²) in [6, 6.07) is 13.4. The Balaban J connectivity index is 1.20. The summed E-state index contributed by atoms with van der Waals surface area (Å²) in [6.45, 7) is 8.77. The van der Waals surface area contributed by atoms with Crippen LogP contribution in [0, 0.1) is 17.8 Å². The average Bonchev–Trinajstić information content (AvgIpc) is 3.50. The zero-order chi connectivity index (χ0) is 37.8. The van der Waals surface area contributed by atoms with Crippen molar-refractivity contribution in [3.8, 4) is 5.75 Å². The summed E-state index contributed by atoms with van der Waals surface area (Å²) in [4.78, 5) is 30.5. The van der Waals surface area contributed by atoms with E-state index in [4.69, 9.17) is 25.8 Å². The SMILES string of the molecule is CO[C@H]1/C=C/C[C@H](C)[C@@H](C)S(=O)(NC(=O)c2cc3n(c2)C[C@H](C)OC3)=NC(=O)c2ccc3c(c2)N(CC2CC[C@H]21)C[C@@]1(CCCc2cc(Cl)ccc21)CO3. The number of amides is 2. The van der Waals surface area contributed by atoms with Crippen LogP contribution < -0.4 is 14.4 Å². The summed E-state index contributed by atoms with van der Waals surface area (Å²) in [7, 11) is -1.84. The maximum atomic E-state index is 15.0. The van der Waals surface area contributed by atoms with Crippen molar-refractivity contribution in [2.75, 3.05) is 31.7 Å². The molecule has 0 radical (unpaired) electrons. The fourth-order valence-corrected chi connectivity index (χ4v) is 11.3. The van der Waals surface area contributed by atoms with Crippen molar-refractivity contribution < 1.29 is 28.0 Å². The van der Waals surface area contributed by atoms with E-state index in [1.165, 1.54) is 11.1 Å². The van der Waals surface area contributed by atoms with Gasteiger partial charge in [0.2, 0.25) is 0 Å². The number of carbonyl (C=O) groups is 2. The number of aryl methyl sites for hydroxylation is 1. The summed E-state index contributed by atoms with van der Waals surface area (Å²) in [5.41, 5.74) is 4.62. The molecule has 1 spiro atoms. The fourth-order valence-electron chi connectivity index (χ4n) is 9.21. The van der Waals surface area contributed by atoms with E-state index in [1.54, 1.807) is 32.4 Å². The molecule has 2 bridgehead atoms. The third kappa shape index (κ3) is 7.01.